The van der Waals surface area contributed by atoms with Crippen molar-refractivity contribution in [3.8, 4) is 0 Å². The molecule has 0 amide bonds. The van der Waals surface area contributed by atoms with E-state index in [-0.39, 0.29) is 58.2 Å². The summed E-state index contributed by atoms with van der Waals surface area (Å²) in [6, 6.07) is 26.6. The fraction of sp³-hybridized carbons (Fsp3) is 0.111. The van der Waals surface area contributed by atoms with Gasteiger partial charge in [0.25, 0.3) is 20.2 Å². The number of benzene rings is 4. The van der Waals surface area contributed by atoms with Crippen LogP contribution in [0.3, 0.4) is 0 Å². The van der Waals surface area contributed by atoms with Gasteiger partial charge in [-0.1, -0.05) is 60.7 Å². The van der Waals surface area contributed by atoms with Crippen molar-refractivity contribution in [2.75, 3.05) is 45.0 Å². The van der Waals surface area contributed by atoms with Crippen molar-refractivity contribution in [1.82, 2.24) is 29.9 Å². The molecule has 0 aliphatic heterocycles. The van der Waals surface area contributed by atoms with E-state index in [0.717, 1.165) is 11.4 Å². The number of nitrogens with zero attached hydrogens (tertiary/aromatic N) is 6. The SMILES string of the molecule is CCNc1nc(Nc2ccccc2)nc(Nc2ccc(/C=C\c3ccc(Nc4nc(NCC)nc(Nc5ccccc5)n4)cc3S(=O)(=O)O)c(S(=O)(=O)O)c2)n1. The molecule has 18 nitrogen and oxygen atoms in total. The number of aromatic nitrogens is 6. The summed E-state index contributed by atoms with van der Waals surface area (Å²) >= 11 is 0. The third kappa shape index (κ3) is 10.5. The Hall–Kier alpha value is -6.74. The molecule has 4 aromatic carbocycles. The summed E-state index contributed by atoms with van der Waals surface area (Å²) in [7, 11) is -9.61. The van der Waals surface area contributed by atoms with E-state index < -0.39 is 30.0 Å². The Morgan fingerprint density at radius 1 is 0.464 bits per heavy atom. The molecular weight excluding hydrogens is 761 g/mol. The van der Waals surface area contributed by atoms with Gasteiger partial charge in [0, 0.05) is 35.8 Å². The van der Waals surface area contributed by atoms with Gasteiger partial charge >= 0.3 is 0 Å². The molecule has 6 rings (SSSR count). The van der Waals surface area contributed by atoms with Gasteiger partial charge in [0.15, 0.2) is 0 Å². The maximum atomic E-state index is 12.6. The third-order valence-electron chi connectivity index (χ3n) is 7.54. The van der Waals surface area contributed by atoms with Crippen LogP contribution < -0.4 is 31.9 Å². The van der Waals surface area contributed by atoms with Crippen molar-refractivity contribution in [2.45, 2.75) is 23.6 Å². The normalized spacial score (nSPS) is 11.6. The molecule has 0 unspecified atom stereocenters. The number of nitrogens with one attached hydrogen (secondary N) is 6. The first-order valence-corrected chi connectivity index (χ1v) is 19.8. The Labute approximate surface area is 322 Å². The van der Waals surface area contributed by atoms with Gasteiger partial charge in [-0.25, -0.2) is 0 Å². The van der Waals surface area contributed by atoms with Crippen molar-refractivity contribution < 1.29 is 25.9 Å². The first-order valence-electron chi connectivity index (χ1n) is 17.0. The van der Waals surface area contributed by atoms with Crippen molar-refractivity contribution in [2.24, 2.45) is 0 Å². The molecule has 0 atom stereocenters. The third-order valence-corrected chi connectivity index (χ3v) is 9.36. The summed E-state index contributed by atoms with van der Waals surface area (Å²) in [6.07, 6.45) is 2.57. The molecule has 20 heteroatoms. The van der Waals surface area contributed by atoms with Gasteiger partial charge in [-0.3, -0.25) is 9.11 Å². The summed E-state index contributed by atoms with van der Waals surface area (Å²) in [6.45, 7) is 4.78. The minimum Gasteiger partial charge on any atom is -0.354 e. The summed E-state index contributed by atoms with van der Waals surface area (Å²) in [5, 5.41) is 18.1. The molecule has 0 fully saturated rings. The van der Waals surface area contributed by atoms with Crippen molar-refractivity contribution in [3.05, 3.63) is 108 Å². The van der Waals surface area contributed by atoms with Gasteiger partial charge in [0.1, 0.15) is 9.79 Å². The lowest BCUT2D eigenvalue weighted by Gasteiger charge is -2.13. The zero-order valence-corrected chi connectivity index (χ0v) is 31.5. The molecule has 0 aliphatic carbocycles. The van der Waals surface area contributed by atoms with E-state index in [4.69, 9.17) is 0 Å². The molecular formula is C36H36N12O6S2. The summed E-state index contributed by atoms with van der Waals surface area (Å²) in [5.41, 5.74) is 1.90. The molecule has 56 heavy (non-hydrogen) atoms. The summed E-state index contributed by atoms with van der Waals surface area (Å²) < 4.78 is 70.6. The van der Waals surface area contributed by atoms with Crippen LogP contribution in [-0.2, 0) is 20.2 Å². The molecule has 0 saturated carbocycles. The lowest BCUT2D eigenvalue weighted by molar-refractivity contribution is 0.480. The largest absolute Gasteiger partial charge is 0.354 e. The lowest BCUT2D eigenvalue weighted by atomic mass is 10.1. The van der Waals surface area contributed by atoms with E-state index in [1.165, 1.54) is 48.6 Å². The monoisotopic (exact) mass is 796 g/mol. The fourth-order valence-corrected chi connectivity index (χ4v) is 6.55. The molecule has 8 N–H and O–H groups in total. The number of para-hydroxylation sites is 2. The van der Waals surface area contributed by atoms with Crippen LogP contribution in [0.4, 0.5) is 58.4 Å². The van der Waals surface area contributed by atoms with Crippen LogP contribution in [0.1, 0.15) is 25.0 Å². The Kier molecular flexibility index (Phi) is 11.9. The Balaban J connectivity index is 1.27. The van der Waals surface area contributed by atoms with Crippen LogP contribution in [0.15, 0.2) is 107 Å². The van der Waals surface area contributed by atoms with Crippen LogP contribution >= 0.6 is 0 Å². The number of hydrogen-bond donors (Lipinski definition) is 8. The minimum absolute atomic E-state index is 0.0107. The fourth-order valence-electron chi connectivity index (χ4n) is 5.14. The van der Waals surface area contributed by atoms with E-state index in [1.54, 1.807) is 0 Å². The Bertz CT molecular complexity index is 2400. The average molecular weight is 797 g/mol. The van der Waals surface area contributed by atoms with Gasteiger partial charge in [0.2, 0.25) is 35.7 Å². The maximum Gasteiger partial charge on any atom is 0.295 e. The Morgan fingerprint density at radius 3 is 1.11 bits per heavy atom. The predicted octanol–water partition coefficient (Wildman–Crippen LogP) is 6.56. The van der Waals surface area contributed by atoms with Crippen LogP contribution in [0.25, 0.3) is 12.2 Å². The second-order valence-corrected chi connectivity index (χ2v) is 14.5. The molecule has 0 radical (unpaired) electrons. The van der Waals surface area contributed by atoms with Gasteiger partial charge in [-0.05, 0) is 73.5 Å². The maximum absolute atomic E-state index is 12.6. The second-order valence-electron chi connectivity index (χ2n) is 11.7. The lowest BCUT2D eigenvalue weighted by Crippen LogP contribution is -2.09. The van der Waals surface area contributed by atoms with E-state index in [2.05, 4.69) is 61.8 Å². The number of rotatable bonds is 16. The highest BCUT2D eigenvalue weighted by atomic mass is 32.2. The zero-order chi connectivity index (χ0) is 39.7. The Morgan fingerprint density at radius 2 is 0.786 bits per heavy atom. The minimum atomic E-state index is -4.81. The van der Waals surface area contributed by atoms with Gasteiger partial charge in [-0.15, -0.1) is 0 Å². The first kappa shape index (κ1) is 39.0. The number of hydrogen-bond acceptors (Lipinski definition) is 16. The van der Waals surface area contributed by atoms with Gasteiger partial charge in [-0.2, -0.15) is 46.7 Å². The van der Waals surface area contributed by atoms with Crippen LogP contribution in [0.2, 0.25) is 0 Å². The standard InChI is InChI=1S/C36H36N12O6S2/c1-3-37-31-43-33(39-25-11-7-5-8-12-25)47-35(45-31)41-27-19-17-23(29(21-27)55(49,50)51)15-16-24-18-20-28(22-30(24)56(52,53)54)42-36-46-32(38-4-2)44-34(48-36)40-26-13-9-6-10-14-26/h5-22H,3-4H2,1-2H3,(H,49,50,51)(H,52,53,54)(H3,37,39,41,43,45,47)(H3,38,40,42,44,46,48)/b16-15-. The molecule has 0 saturated heterocycles. The van der Waals surface area contributed by atoms with Crippen molar-refractivity contribution in [1.29, 1.82) is 0 Å². The van der Waals surface area contributed by atoms with Gasteiger partial charge < -0.3 is 31.9 Å². The van der Waals surface area contributed by atoms with Crippen LogP contribution in [-0.4, -0.2) is 68.9 Å². The highest BCUT2D eigenvalue weighted by Crippen LogP contribution is 2.29. The predicted molar refractivity (Wildman–Crippen MR) is 215 cm³/mol. The number of anilines is 10. The molecule has 2 heterocycles. The summed E-state index contributed by atoms with van der Waals surface area (Å²) in [4.78, 5) is 25.1. The van der Waals surface area contributed by atoms with E-state index >= 15 is 0 Å². The molecule has 6 aromatic rings. The zero-order valence-electron chi connectivity index (χ0n) is 29.8. The highest BCUT2D eigenvalue weighted by molar-refractivity contribution is 7.86. The van der Waals surface area contributed by atoms with E-state index in [9.17, 15) is 25.9 Å². The molecule has 288 valence electrons. The average Bonchev–Trinajstić information content (AvgIpc) is 3.15. The molecule has 2 aromatic heterocycles. The summed E-state index contributed by atoms with van der Waals surface area (Å²) in [5.74, 6) is 1.08. The first-order chi connectivity index (χ1) is 26.9. The van der Waals surface area contributed by atoms with Crippen molar-refractivity contribution in [3.63, 3.8) is 0 Å². The van der Waals surface area contributed by atoms with E-state index in [0.29, 0.717) is 13.1 Å². The van der Waals surface area contributed by atoms with Crippen LogP contribution in [0.5, 0.6) is 0 Å². The smallest absolute Gasteiger partial charge is 0.295 e. The van der Waals surface area contributed by atoms with E-state index in [1.807, 2.05) is 74.5 Å². The second kappa shape index (κ2) is 17.2. The molecule has 0 bridgehead atoms. The highest BCUT2D eigenvalue weighted by Gasteiger charge is 2.19. The van der Waals surface area contributed by atoms with Crippen LogP contribution in [0, 0.1) is 0 Å². The molecule has 0 aliphatic rings. The molecule has 0 spiro atoms. The topological polar surface area (TPSA) is 258 Å². The quantitative estimate of drug-likeness (QED) is 0.0381. The van der Waals surface area contributed by atoms with Crippen molar-refractivity contribution >= 4 is 90.8 Å². The van der Waals surface area contributed by atoms with Gasteiger partial charge in [0.05, 0.1) is 0 Å².